The molecule has 1 saturated carbocycles. The van der Waals surface area contributed by atoms with Gasteiger partial charge in [-0.15, -0.1) is 0 Å². The fourth-order valence-electron chi connectivity index (χ4n) is 3.79. The third-order valence-electron chi connectivity index (χ3n) is 4.62. The van der Waals surface area contributed by atoms with Crippen molar-refractivity contribution in [1.82, 2.24) is 5.32 Å². The van der Waals surface area contributed by atoms with Crippen LogP contribution in [0.25, 0.3) is 0 Å². The number of hydrogen-bond donors (Lipinski definition) is 2. The third kappa shape index (κ3) is 1.71. The lowest BCUT2D eigenvalue weighted by Crippen LogP contribution is -2.46. The van der Waals surface area contributed by atoms with Gasteiger partial charge >= 0.3 is 0 Å². The summed E-state index contributed by atoms with van der Waals surface area (Å²) in [5, 5.41) is 13.6. The molecule has 0 amide bonds. The van der Waals surface area contributed by atoms with E-state index in [1.54, 1.807) is 0 Å². The minimum absolute atomic E-state index is 0.143. The summed E-state index contributed by atoms with van der Waals surface area (Å²) in [5.74, 6) is 2.03. The molecule has 3 heteroatoms. The van der Waals surface area contributed by atoms with Gasteiger partial charge in [0, 0.05) is 18.6 Å². The van der Waals surface area contributed by atoms with Gasteiger partial charge < -0.3 is 15.2 Å². The van der Waals surface area contributed by atoms with Crippen LogP contribution in [0.4, 0.5) is 0 Å². The lowest BCUT2D eigenvalue weighted by Gasteiger charge is -2.35. The second kappa shape index (κ2) is 4.04. The molecule has 5 unspecified atom stereocenters. The molecule has 86 valence electrons. The Morgan fingerprint density at radius 1 is 1.13 bits per heavy atom. The van der Waals surface area contributed by atoms with Gasteiger partial charge in [0.1, 0.15) is 0 Å². The molecule has 0 aromatic carbocycles. The molecular weight excluding hydrogens is 190 g/mol. The second-order valence-electron chi connectivity index (χ2n) is 5.38. The highest BCUT2D eigenvalue weighted by atomic mass is 16.5. The smallest absolute Gasteiger partial charge is 0.0627 e. The highest BCUT2D eigenvalue weighted by Gasteiger charge is 2.44. The van der Waals surface area contributed by atoms with Crippen molar-refractivity contribution in [2.45, 2.75) is 37.8 Å². The van der Waals surface area contributed by atoms with E-state index >= 15 is 0 Å². The zero-order valence-electron chi connectivity index (χ0n) is 9.19. The maximum Gasteiger partial charge on any atom is 0.0627 e. The Balaban J connectivity index is 1.70. The molecule has 2 heterocycles. The molecule has 3 rings (SSSR count). The lowest BCUT2D eigenvalue weighted by molar-refractivity contribution is -0.0525. The van der Waals surface area contributed by atoms with Crippen LogP contribution in [-0.2, 0) is 4.74 Å². The molecular formula is C12H21NO2. The van der Waals surface area contributed by atoms with Crippen LogP contribution in [-0.4, -0.2) is 37.0 Å². The van der Waals surface area contributed by atoms with Crippen LogP contribution in [0.3, 0.4) is 0 Å². The fourth-order valence-corrected chi connectivity index (χ4v) is 3.79. The normalized spacial score (nSPS) is 50.6. The number of rotatable bonds is 1. The van der Waals surface area contributed by atoms with E-state index in [0.717, 1.165) is 31.5 Å². The van der Waals surface area contributed by atoms with Crippen LogP contribution in [0.2, 0.25) is 0 Å². The van der Waals surface area contributed by atoms with Gasteiger partial charge in [-0.05, 0) is 37.6 Å². The van der Waals surface area contributed by atoms with Crippen LogP contribution in [0.1, 0.15) is 25.7 Å². The molecule has 0 spiro atoms. The average Bonchev–Trinajstić information content (AvgIpc) is 2.80. The maximum absolute atomic E-state index is 10.0. The largest absolute Gasteiger partial charge is 0.393 e. The molecule has 3 aliphatic rings. The summed E-state index contributed by atoms with van der Waals surface area (Å²) in [5.41, 5.74) is 0. The Hall–Kier alpha value is -0.120. The van der Waals surface area contributed by atoms with Gasteiger partial charge in [0.2, 0.25) is 0 Å². The summed E-state index contributed by atoms with van der Waals surface area (Å²) in [4.78, 5) is 0. The minimum atomic E-state index is -0.143. The molecule has 3 nitrogen and oxygen atoms in total. The van der Waals surface area contributed by atoms with Gasteiger partial charge in [-0.3, -0.25) is 0 Å². The molecule has 2 aliphatic heterocycles. The van der Waals surface area contributed by atoms with E-state index in [0.29, 0.717) is 12.0 Å². The van der Waals surface area contributed by atoms with Crippen molar-refractivity contribution in [3.05, 3.63) is 0 Å². The van der Waals surface area contributed by atoms with Gasteiger partial charge in [0.15, 0.2) is 0 Å². The zero-order valence-corrected chi connectivity index (χ0v) is 9.19. The summed E-state index contributed by atoms with van der Waals surface area (Å²) in [6.07, 6.45) is 4.80. The molecule has 0 aromatic rings. The summed E-state index contributed by atoms with van der Waals surface area (Å²) in [6, 6.07) is 0.521. The molecule has 1 aliphatic carbocycles. The van der Waals surface area contributed by atoms with E-state index in [-0.39, 0.29) is 6.10 Å². The van der Waals surface area contributed by atoms with E-state index in [4.69, 9.17) is 4.74 Å². The van der Waals surface area contributed by atoms with Gasteiger partial charge in [0.25, 0.3) is 0 Å². The van der Waals surface area contributed by atoms with Gasteiger partial charge in [-0.25, -0.2) is 0 Å². The topological polar surface area (TPSA) is 41.5 Å². The first-order chi connectivity index (χ1) is 7.36. The quantitative estimate of drug-likeness (QED) is 0.673. The first kappa shape index (κ1) is 10.1. The first-order valence-electron chi connectivity index (χ1n) is 6.35. The summed E-state index contributed by atoms with van der Waals surface area (Å²) < 4.78 is 5.51. The Morgan fingerprint density at radius 3 is 2.93 bits per heavy atom. The number of fused-ring (bicyclic) bond motifs is 1. The molecule has 5 atom stereocenters. The minimum Gasteiger partial charge on any atom is -0.393 e. The standard InChI is InChI=1S/C12H21NO2/c14-11-4-5-15-7-10(11)12-9-3-1-2-8(9)6-13-12/h8-14H,1-7H2. The van der Waals surface area contributed by atoms with Crippen LogP contribution in [0.15, 0.2) is 0 Å². The second-order valence-corrected chi connectivity index (χ2v) is 5.38. The summed E-state index contributed by atoms with van der Waals surface area (Å²) in [6.45, 7) is 2.65. The van der Waals surface area contributed by atoms with Crippen LogP contribution in [0, 0.1) is 17.8 Å². The third-order valence-corrected chi connectivity index (χ3v) is 4.62. The van der Waals surface area contributed by atoms with E-state index in [9.17, 15) is 5.11 Å². The van der Waals surface area contributed by atoms with Gasteiger partial charge in [-0.1, -0.05) is 6.42 Å². The van der Waals surface area contributed by atoms with Crippen molar-refractivity contribution in [3.8, 4) is 0 Å². The van der Waals surface area contributed by atoms with Crippen LogP contribution < -0.4 is 5.32 Å². The van der Waals surface area contributed by atoms with E-state index in [1.165, 1.54) is 25.8 Å². The van der Waals surface area contributed by atoms with Crippen LogP contribution in [0.5, 0.6) is 0 Å². The number of ether oxygens (including phenoxy) is 1. The zero-order chi connectivity index (χ0) is 10.3. The highest BCUT2D eigenvalue weighted by molar-refractivity contribution is 4.99. The van der Waals surface area contributed by atoms with E-state index in [2.05, 4.69) is 5.32 Å². The molecule has 0 bridgehead atoms. The Labute approximate surface area is 91.2 Å². The number of hydrogen-bond acceptors (Lipinski definition) is 3. The molecule has 2 N–H and O–H groups in total. The van der Waals surface area contributed by atoms with Gasteiger partial charge in [0.05, 0.1) is 12.7 Å². The monoisotopic (exact) mass is 211 g/mol. The number of aliphatic hydroxyl groups is 1. The maximum atomic E-state index is 10.0. The van der Waals surface area contributed by atoms with Crippen molar-refractivity contribution in [1.29, 1.82) is 0 Å². The van der Waals surface area contributed by atoms with Gasteiger partial charge in [-0.2, -0.15) is 0 Å². The molecule has 15 heavy (non-hydrogen) atoms. The van der Waals surface area contributed by atoms with Crippen molar-refractivity contribution >= 4 is 0 Å². The van der Waals surface area contributed by atoms with Crippen molar-refractivity contribution in [2.24, 2.45) is 17.8 Å². The van der Waals surface area contributed by atoms with Crippen molar-refractivity contribution < 1.29 is 9.84 Å². The Morgan fingerprint density at radius 2 is 2.07 bits per heavy atom. The summed E-state index contributed by atoms with van der Waals surface area (Å²) in [7, 11) is 0. The van der Waals surface area contributed by atoms with Crippen LogP contribution >= 0.6 is 0 Å². The number of nitrogens with one attached hydrogen (secondary N) is 1. The molecule has 0 radical (unpaired) electrons. The highest BCUT2D eigenvalue weighted by Crippen LogP contribution is 2.41. The van der Waals surface area contributed by atoms with Crippen molar-refractivity contribution in [3.63, 3.8) is 0 Å². The average molecular weight is 211 g/mol. The van der Waals surface area contributed by atoms with E-state index in [1.807, 2.05) is 0 Å². The lowest BCUT2D eigenvalue weighted by atomic mass is 9.82. The Kier molecular flexibility index (Phi) is 2.71. The fraction of sp³-hybridized carbons (Fsp3) is 1.00. The predicted molar refractivity (Wildman–Crippen MR) is 57.6 cm³/mol. The predicted octanol–water partition coefficient (Wildman–Crippen LogP) is 0.772. The Bertz CT molecular complexity index is 234. The van der Waals surface area contributed by atoms with Crippen molar-refractivity contribution in [2.75, 3.05) is 19.8 Å². The van der Waals surface area contributed by atoms with E-state index < -0.39 is 0 Å². The molecule has 3 fully saturated rings. The first-order valence-corrected chi connectivity index (χ1v) is 6.35. The SMILES string of the molecule is OC1CCOCC1C1NCC2CCCC21. The molecule has 0 aromatic heterocycles. The molecule has 2 saturated heterocycles. The number of aliphatic hydroxyl groups excluding tert-OH is 1. The summed E-state index contributed by atoms with van der Waals surface area (Å²) >= 11 is 0.